The first-order valence-corrected chi connectivity index (χ1v) is 5.62. The van der Waals surface area contributed by atoms with E-state index in [9.17, 15) is 18.5 Å². The predicted octanol–water partition coefficient (Wildman–Crippen LogP) is 1.00. The minimum atomic E-state index is -3.92. The molecular weight excluding hydrogens is 276 g/mol. The predicted molar refractivity (Wildman–Crippen MR) is 52.2 cm³/mol. The molecular formula is C6H5BrN2O4S. The van der Waals surface area contributed by atoms with Crippen molar-refractivity contribution in [3.05, 3.63) is 32.8 Å². The van der Waals surface area contributed by atoms with Crippen LogP contribution in [-0.2, 0) is 10.0 Å². The first-order valence-electron chi connectivity index (χ1n) is 3.28. The molecule has 76 valence electrons. The summed E-state index contributed by atoms with van der Waals surface area (Å²) in [5.74, 6) is 0. The molecule has 0 aliphatic heterocycles. The van der Waals surface area contributed by atoms with Gasteiger partial charge in [-0.1, -0.05) is 15.9 Å². The average molecular weight is 281 g/mol. The first-order chi connectivity index (χ1) is 6.30. The van der Waals surface area contributed by atoms with E-state index in [1.807, 2.05) is 0 Å². The van der Waals surface area contributed by atoms with Crippen molar-refractivity contribution >= 4 is 31.6 Å². The van der Waals surface area contributed by atoms with Crippen LogP contribution >= 0.6 is 15.9 Å². The quantitative estimate of drug-likeness (QED) is 0.645. The zero-order valence-electron chi connectivity index (χ0n) is 6.68. The van der Waals surface area contributed by atoms with Crippen molar-refractivity contribution in [2.24, 2.45) is 5.14 Å². The summed E-state index contributed by atoms with van der Waals surface area (Å²) >= 11 is 2.95. The Morgan fingerprint density at radius 2 is 1.93 bits per heavy atom. The molecule has 0 aromatic heterocycles. The number of hydrogen-bond acceptors (Lipinski definition) is 4. The Balaban J connectivity index is 3.43. The molecule has 14 heavy (non-hydrogen) atoms. The highest BCUT2D eigenvalue weighted by Gasteiger charge is 2.15. The number of sulfonamides is 1. The monoisotopic (exact) mass is 280 g/mol. The maximum Gasteiger partial charge on any atom is 0.271 e. The summed E-state index contributed by atoms with van der Waals surface area (Å²) in [6.07, 6.45) is 0. The van der Waals surface area contributed by atoms with Gasteiger partial charge in [0.25, 0.3) is 5.69 Å². The molecule has 6 nitrogen and oxygen atoms in total. The third-order valence-corrected chi connectivity index (χ3v) is 2.75. The summed E-state index contributed by atoms with van der Waals surface area (Å²) in [7, 11) is -3.92. The molecule has 0 atom stereocenters. The van der Waals surface area contributed by atoms with Crippen LogP contribution in [0.3, 0.4) is 0 Å². The Morgan fingerprint density at radius 1 is 1.36 bits per heavy atom. The number of nitro groups is 1. The fourth-order valence-corrected chi connectivity index (χ4v) is 2.03. The molecule has 0 aliphatic carbocycles. The largest absolute Gasteiger partial charge is 0.271 e. The molecule has 0 unspecified atom stereocenters. The molecule has 2 N–H and O–H groups in total. The lowest BCUT2D eigenvalue weighted by Gasteiger charge is -1.98. The van der Waals surface area contributed by atoms with Gasteiger partial charge in [-0.2, -0.15) is 0 Å². The molecule has 0 spiro atoms. The van der Waals surface area contributed by atoms with E-state index in [0.29, 0.717) is 0 Å². The van der Waals surface area contributed by atoms with Crippen LogP contribution in [0.15, 0.2) is 27.6 Å². The van der Waals surface area contributed by atoms with Crippen molar-refractivity contribution in [2.45, 2.75) is 4.90 Å². The van der Waals surface area contributed by atoms with E-state index >= 15 is 0 Å². The van der Waals surface area contributed by atoms with Crippen molar-refractivity contribution in [1.82, 2.24) is 0 Å². The molecule has 0 saturated carbocycles. The second-order valence-corrected chi connectivity index (χ2v) is 4.92. The molecule has 1 aromatic rings. The Hall–Kier alpha value is -0.990. The van der Waals surface area contributed by atoms with Crippen LogP contribution in [0.4, 0.5) is 5.69 Å². The van der Waals surface area contributed by atoms with Crippen molar-refractivity contribution in [1.29, 1.82) is 0 Å². The maximum atomic E-state index is 10.9. The highest BCUT2D eigenvalue weighted by atomic mass is 79.9. The van der Waals surface area contributed by atoms with Gasteiger partial charge in [-0.15, -0.1) is 0 Å². The molecule has 0 heterocycles. The molecule has 0 radical (unpaired) electrons. The highest BCUT2D eigenvalue weighted by Crippen LogP contribution is 2.23. The van der Waals surface area contributed by atoms with E-state index in [-0.39, 0.29) is 15.1 Å². The van der Waals surface area contributed by atoms with Crippen LogP contribution in [0.5, 0.6) is 0 Å². The second kappa shape index (κ2) is 3.64. The van der Waals surface area contributed by atoms with Gasteiger partial charge in [0, 0.05) is 16.6 Å². The van der Waals surface area contributed by atoms with E-state index < -0.39 is 14.9 Å². The normalized spacial score (nSPS) is 11.3. The van der Waals surface area contributed by atoms with Gasteiger partial charge in [0.15, 0.2) is 0 Å². The number of benzene rings is 1. The highest BCUT2D eigenvalue weighted by molar-refractivity contribution is 9.10. The molecule has 0 saturated heterocycles. The summed E-state index contributed by atoms with van der Waals surface area (Å²) in [5, 5.41) is 15.2. The number of primary sulfonamides is 1. The SMILES string of the molecule is NS(=O)(=O)c1cc(Br)cc([N+](=O)[O-])c1. The second-order valence-electron chi connectivity index (χ2n) is 2.45. The zero-order chi connectivity index (χ0) is 10.9. The van der Waals surface area contributed by atoms with Crippen molar-refractivity contribution < 1.29 is 13.3 Å². The molecule has 0 aliphatic rings. The van der Waals surface area contributed by atoms with E-state index in [0.717, 1.165) is 6.07 Å². The molecule has 0 amide bonds. The van der Waals surface area contributed by atoms with Gasteiger partial charge < -0.3 is 0 Å². The fourth-order valence-electron chi connectivity index (χ4n) is 0.818. The van der Waals surface area contributed by atoms with Gasteiger partial charge in [0.2, 0.25) is 10.0 Å². The standard InChI is InChI=1S/C6H5BrN2O4S/c7-4-1-5(9(10)11)3-6(2-4)14(8,12)13/h1-3H,(H2,8,12,13). The van der Waals surface area contributed by atoms with Gasteiger partial charge in [-0.3, -0.25) is 10.1 Å². The van der Waals surface area contributed by atoms with Gasteiger partial charge in [-0.05, 0) is 6.07 Å². The minimum Gasteiger partial charge on any atom is -0.258 e. The first kappa shape index (κ1) is 11.1. The maximum absolute atomic E-state index is 10.9. The number of rotatable bonds is 2. The van der Waals surface area contributed by atoms with E-state index in [2.05, 4.69) is 15.9 Å². The van der Waals surface area contributed by atoms with Crippen LogP contribution in [0, 0.1) is 10.1 Å². The smallest absolute Gasteiger partial charge is 0.258 e. The summed E-state index contributed by atoms with van der Waals surface area (Å²) in [4.78, 5) is 9.39. The van der Waals surface area contributed by atoms with Gasteiger partial charge in [0.05, 0.1) is 9.82 Å². The van der Waals surface area contributed by atoms with Crippen LogP contribution in [0.2, 0.25) is 0 Å². The lowest BCUT2D eigenvalue weighted by Crippen LogP contribution is -2.12. The van der Waals surface area contributed by atoms with Crippen molar-refractivity contribution in [3.8, 4) is 0 Å². The molecule has 1 rings (SSSR count). The lowest BCUT2D eigenvalue weighted by atomic mass is 10.3. The topological polar surface area (TPSA) is 103 Å². The van der Waals surface area contributed by atoms with Gasteiger partial charge in [0.1, 0.15) is 0 Å². The average Bonchev–Trinajstić information content (AvgIpc) is 2.01. The third kappa shape index (κ3) is 2.50. The Morgan fingerprint density at radius 3 is 2.36 bits per heavy atom. The number of non-ortho nitro benzene ring substituents is 1. The minimum absolute atomic E-state index is 0.288. The van der Waals surface area contributed by atoms with Crippen molar-refractivity contribution in [3.63, 3.8) is 0 Å². The molecule has 8 heteroatoms. The summed E-state index contributed by atoms with van der Waals surface area (Å²) in [5.41, 5.74) is -0.330. The van der Waals surface area contributed by atoms with Crippen LogP contribution < -0.4 is 5.14 Å². The summed E-state index contributed by atoms with van der Waals surface area (Å²) in [6.45, 7) is 0. The van der Waals surface area contributed by atoms with E-state index in [4.69, 9.17) is 5.14 Å². The number of nitrogens with zero attached hydrogens (tertiary/aromatic N) is 1. The fraction of sp³-hybridized carbons (Fsp3) is 0. The van der Waals surface area contributed by atoms with Crippen LogP contribution in [0.25, 0.3) is 0 Å². The van der Waals surface area contributed by atoms with Crippen molar-refractivity contribution in [2.75, 3.05) is 0 Å². The van der Waals surface area contributed by atoms with E-state index in [1.165, 1.54) is 12.1 Å². The van der Waals surface area contributed by atoms with Gasteiger partial charge >= 0.3 is 0 Å². The Bertz CT molecular complexity index is 485. The molecule has 0 fully saturated rings. The number of nitrogens with two attached hydrogens (primary N) is 1. The summed E-state index contributed by atoms with van der Waals surface area (Å²) in [6, 6.07) is 3.29. The van der Waals surface area contributed by atoms with Crippen LogP contribution in [0.1, 0.15) is 0 Å². The van der Waals surface area contributed by atoms with Gasteiger partial charge in [-0.25, -0.2) is 13.6 Å². The number of halogens is 1. The summed E-state index contributed by atoms with van der Waals surface area (Å²) < 4.78 is 22.1. The number of hydrogen-bond donors (Lipinski definition) is 1. The third-order valence-electron chi connectivity index (χ3n) is 1.40. The van der Waals surface area contributed by atoms with E-state index in [1.54, 1.807) is 0 Å². The Labute approximate surface area is 88.1 Å². The lowest BCUT2D eigenvalue weighted by molar-refractivity contribution is -0.385. The molecule has 1 aromatic carbocycles. The Kier molecular flexibility index (Phi) is 2.88. The number of nitro benzene ring substituents is 1. The van der Waals surface area contributed by atoms with Crippen LogP contribution in [-0.4, -0.2) is 13.3 Å². The molecule has 0 bridgehead atoms. The zero-order valence-corrected chi connectivity index (χ0v) is 9.08.